The minimum Gasteiger partial charge on any atom is -0.149 e. The fourth-order valence-corrected chi connectivity index (χ4v) is 8.90. The molecule has 0 aliphatic carbocycles. The molecule has 1 atom stereocenters. The zero-order chi connectivity index (χ0) is 18.9. The third-order valence-corrected chi connectivity index (χ3v) is 12.3. The zero-order valence-corrected chi connectivity index (χ0v) is 19.1. The predicted molar refractivity (Wildman–Crippen MR) is 122 cm³/mol. The third-order valence-electron chi connectivity index (χ3n) is 4.96. The second-order valence-corrected chi connectivity index (χ2v) is 18.1. The van der Waals surface area contributed by atoms with E-state index in [1.54, 1.807) is 0 Å². The van der Waals surface area contributed by atoms with Gasteiger partial charge in [-0.25, -0.2) is 0 Å². The first kappa shape index (κ1) is 19.2. The summed E-state index contributed by atoms with van der Waals surface area (Å²) < 4.78 is 0. The first-order chi connectivity index (χ1) is 12.2. The van der Waals surface area contributed by atoms with E-state index < -0.39 is 15.5 Å². The van der Waals surface area contributed by atoms with Gasteiger partial charge in [0, 0.05) is 0 Å². The van der Waals surface area contributed by atoms with Gasteiger partial charge in [0.15, 0.2) is 0 Å². The van der Waals surface area contributed by atoms with Gasteiger partial charge in [-0.15, -0.1) is 11.1 Å². The molecule has 0 bridgehead atoms. The topological polar surface area (TPSA) is 0 Å². The van der Waals surface area contributed by atoms with Crippen LogP contribution in [0.25, 0.3) is 0 Å². The lowest BCUT2D eigenvalue weighted by molar-refractivity contribution is 1.48. The molecule has 0 aromatic heterocycles. The Hall–Kier alpha value is -1.62. The van der Waals surface area contributed by atoms with E-state index in [0.717, 1.165) is 0 Å². The van der Waals surface area contributed by atoms with Gasteiger partial charge in [-0.3, -0.25) is 0 Å². The monoisotopic (exact) mass is 394 g/mol. The minimum absolute atomic E-state index is 1.25. The molecule has 3 rings (SSSR count). The highest BCUT2D eigenvalue weighted by molar-refractivity contribution is 7.40. The van der Waals surface area contributed by atoms with Crippen LogP contribution in [0.4, 0.5) is 0 Å². The highest BCUT2D eigenvalue weighted by Gasteiger charge is 2.38. The van der Waals surface area contributed by atoms with Crippen molar-refractivity contribution in [2.45, 2.75) is 33.5 Å². The second kappa shape index (κ2) is 7.18. The Morgan fingerprint density at radius 2 is 1.12 bits per heavy atom. The summed E-state index contributed by atoms with van der Waals surface area (Å²) in [4.78, 5) is 0. The van der Waals surface area contributed by atoms with Gasteiger partial charge in [0.1, 0.15) is 0 Å². The van der Waals surface area contributed by atoms with Crippen LogP contribution in [0.2, 0.25) is 19.6 Å². The summed E-state index contributed by atoms with van der Waals surface area (Å²) in [6.07, 6.45) is 0. The average Bonchev–Trinajstić information content (AvgIpc) is 2.61. The number of hydrogen-bond acceptors (Lipinski definition) is 0. The van der Waals surface area contributed by atoms with Crippen LogP contribution in [-0.2, 0) is 0 Å². The van der Waals surface area contributed by atoms with E-state index in [2.05, 4.69) is 106 Å². The van der Waals surface area contributed by atoms with Crippen LogP contribution in [-0.4, -0.2) is 15.5 Å². The van der Waals surface area contributed by atoms with Crippen LogP contribution < -0.4 is 20.7 Å². The largest absolute Gasteiger partial charge is 0.247 e. The average molecular weight is 395 g/mol. The van der Waals surface area contributed by atoms with Crippen molar-refractivity contribution in [2.24, 2.45) is 0 Å². The van der Waals surface area contributed by atoms with Crippen LogP contribution in [0.1, 0.15) is 11.1 Å². The molecule has 0 nitrogen and oxygen atoms in total. The Balaban J connectivity index is 2.29. The number of rotatable bonds is 4. The van der Waals surface area contributed by atoms with Crippen molar-refractivity contribution in [2.75, 3.05) is 0 Å². The molecule has 26 heavy (non-hydrogen) atoms. The predicted octanol–water partition coefficient (Wildman–Crippen LogP) is 4.05. The van der Waals surface area contributed by atoms with Gasteiger partial charge >= 0.3 is 0 Å². The van der Waals surface area contributed by atoms with Crippen molar-refractivity contribution < 1.29 is 0 Å². The molecule has 1 unspecified atom stereocenters. The fourth-order valence-electron chi connectivity index (χ4n) is 3.37. The molecule has 0 amide bonds. The number of halogens is 1. The Morgan fingerprint density at radius 1 is 0.577 bits per heavy atom. The van der Waals surface area contributed by atoms with E-state index in [1.165, 1.54) is 31.9 Å². The van der Waals surface area contributed by atoms with E-state index in [4.69, 9.17) is 11.1 Å². The Labute approximate surface area is 164 Å². The molecule has 3 heteroatoms. The van der Waals surface area contributed by atoms with Gasteiger partial charge in [0.25, 0.3) is 0 Å². The molecule has 0 radical (unpaired) electrons. The molecule has 3 aromatic carbocycles. The van der Waals surface area contributed by atoms with Gasteiger partial charge < -0.3 is 0 Å². The Bertz CT molecular complexity index is 896. The zero-order valence-electron chi connectivity index (χ0n) is 16.3. The molecule has 0 heterocycles. The van der Waals surface area contributed by atoms with E-state index in [1.807, 2.05) is 0 Å². The summed E-state index contributed by atoms with van der Waals surface area (Å²) in [6, 6.07) is 26.5. The molecule has 3 aromatic rings. The molecule has 0 saturated heterocycles. The fraction of sp³-hybridized carbons (Fsp3) is 0.217. The van der Waals surface area contributed by atoms with Crippen LogP contribution in [0.15, 0.2) is 72.8 Å². The van der Waals surface area contributed by atoms with Gasteiger partial charge in [0.05, 0.1) is 8.07 Å². The maximum absolute atomic E-state index is 7.62. The third kappa shape index (κ3) is 3.73. The van der Waals surface area contributed by atoms with Crippen molar-refractivity contribution in [1.82, 2.24) is 0 Å². The molecule has 0 aliphatic rings. The smallest absolute Gasteiger partial charge is 0.149 e. The van der Waals surface area contributed by atoms with Crippen LogP contribution in [0.3, 0.4) is 0 Å². The molecular formula is C23H27ClSi2. The van der Waals surface area contributed by atoms with Crippen LogP contribution in [0.5, 0.6) is 0 Å². The molecule has 0 saturated carbocycles. The lowest BCUT2D eigenvalue weighted by Gasteiger charge is -2.29. The molecule has 0 spiro atoms. The maximum Gasteiger partial charge on any atom is 0.247 e. The van der Waals surface area contributed by atoms with Gasteiger partial charge in [0.2, 0.25) is 7.38 Å². The lowest BCUT2D eigenvalue weighted by Crippen LogP contribution is -2.63. The summed E-state index contributed by atoms with van der Waals surface area (Å²) >= 11 is 7.62. The standard InChI is InChI=1S/C23H27ClSi2/c1-18-11-13-21(14-12-18)26(24,20-9-7-6-8-10-20)23-16-19(2)15-22(17-23)25(3,4)5/h6-17H,1-5H3. The van der Waals surface area contributed by atoms with E-state index in [9.17, 15) is 0 Å². The summed E-state index contributed by atoms with van der Waals surface area (Å²) in [5.74, 6) is 0. The van der Waals surface area contributed by atoms with Gasteiger partial charge in [-0.1, -0.05) is 109 Å². The summed E-state index contributed by atoms with van der Waals surface area (Å²) in [5, 5.41) is 5.28. The first-order valence-corrected chi connectivity index (χ1v) is 15.7. The Morgan fingerprint density at radius 3 is 1.69 bits per heavy atom. The van der Waals surface area contributed by atoms with Crippen molar-refractivity contribution in [3.63, 3.8) is 0 Å². The second-order valence-electron chi connectivity index (χ2n) is 8.23. The van der Waals surface area contributed by atoms with Crippen molar-refractivity contribution in [3.05, 3.63) is 83.9 Å². The highest BCUT2D eigenvalue weighted by Crippen LogP contribution is 2.14. The minimum atomic E-state index is -2.55. The lowest BCUT2D eigenvalue weighted by atomic mass is 10.2. The SMILES string of the molecule is Cc1ccc([Si](Cl)(c2ccccc2)c2cc(C)cc([Si](C)(C)C)c2)cc1. The van der Waals surface area contributed by atoms with E-state index in [0.29, 0.717) is 0 Å². The van der Waals surface area contributed by atoms with E-state index in [-0.39, 0.29) is 0 Å². The van der Waals surface area contributed by atoms with Gasteiger partial charge in [-0.2, -0.15) is 0 Å². The quantitative estimate of drug-likeness (QED) is 0.355. The maximum atomic E-state index is 7.62. The highest BCUT2D eigenvalue weighted by atomic mass is 35.6. The molecule has 0 fully saturated rings. The summed E-state index contributed by atoms with van der Waals surface area (Å²) in [5.41, 5.74) is 2.57. The van der Waals surface area contributed by atoms with Crippen molar-refractivity contribution in [3.8, 4) is 0 Å². The summed E-state index contributed by atoms with van der Waals surface area (Å²) in [7, 11) is -3.97. The Kier molecular flexibility index (Phi) is 5.29. The number of hydrogen-bond donors (Lipinski definition) is 0. The van der Waals surface area contributed by atoms with Crippen LogP contribution in [0, 0.1) is 13.8 Å². The molecule has 134 valence electrons. The number of aryl methyl sites for hydroxylation is 2. The first-order valence-electron chi connectivity index (χ1n) is 9.15. The van der Waals surface area contributed by atoms with Crippen LogP contribution >= 0.6 is 11.1 Å². The normalized spacial score (nSPS) is 14.1. The van der Waals surface area contributed by atoms with Crippen molar-refractivity contribution in [1.29, 1.82) is 0 Å². The molecule has 0 N–H and O–H groups in total. The van der Waals surface area contributed by atoms with Crippen molar-refractivity contribution >= 4 is 47.3 Å². The van der Waals surface area contributed by atoms with Gasteiger partial charge in [-0.05, 0) is 29.4 Å². The summed E-state index contributed by atoms with van der Waals surface area (Å²) in [6.45, 7) is 11.5. The molecular weight excluding hydrogens is 368 g/mol. The molecule has 0 aliphatic heterocycles. The van der Waals surface area contributed by atoms with E-state index >= 15 is 0 Å². The number of benzene rings is 3.